The van der Waals surface area contributed by atoms with Crippen LogP contribution in [0.1, 0.15) is 25.8 Å². The summed E-state index contributed by atoms with van der Waals surface area (Å²) in [5.41, 5.74) is 1.07. The first-order valence-electron chi connectivity index (χ1n) is 6.78. The number of rotatable bonds is 6. The number of benzene rings is 1. The van der Waals surface area contributed by atoms with Gasteiger partial charge in [0.05, 0.1) is 6.61 Å². The Balaban J connectivity index is 1.97. The molecular formula is C15H21NO3. The highest BCUT2D eigenvalue weighted by molar-refractivity contribution is 5.76. The summed E-state index contributed by atoms with van der Waals surface area (Å²) in [5, 5.41) is 3.38. The van der Waals surface area contributed by atoms with E-state index < -0.39 is 6.10 Å². The molecule has 1 aliphatic heterocycles. The van der Waals surface area contributed by atoms with Gasteiger partial charge in [-0.25, -0.2) is 4.79 Å². The van der Waals surface area contributed by atoms with E-state index in [1.807, 2.05) is 24.3 Å². The molecule has 2 rings (SSSR count). The second-order valence-electron chi connectivity index (χ2n) is 5.20. The number of nitrogens with one attached hydrogen (secondary N) is 1. The quantitative estimate of drug-likeness (QED) is 0.799. The first kappa shape index (κ1) is 13.9. The van der Waals surface area contributed by atoms with Crippen LogP contribution in [0, 0.1) is 5.92 Å². The lowest BCUT2D eigenvalue weighted by molar-refractivity contribution is -0.143. The van der Waals surface area contributed by atoms with E-state index in [1.54, 1.807) is 0 Å². The molecule has 1 fully saturated rings. The minimum atomic E-state index is -0.453. The van der Waals surface area contributed by atoms with E-state index in [0.717, 1.165) is 24.4 Å². The Kier molecular flexibility index (Phi) is 4.80. The van der Waals surface area contributed by atoms with Crippen molar-refractivity contribution in [3.05, 3.63) is 29.8 Å². The summed E-state index contributed by atoms with van der Waals surface area (Å²) in [6, 6.07) is 7.81. The van der Waals surface area contributed by atoms with Gasteiger partial charge >= 0.3 is 5.97 Å². The van der Waals surface area contributed by atoms with Gasteiger partial charge in [-0.1, -0.05) is 32.0 Å². The lowest BCUT2D eigenvalue weighted by atomic mass is 10.1. The predicted molar refractivity (Wildman–Crippen MR) is 73.0 cm³/mol. The highest BCUT2D eigenvalue weighted by Crippen LogP contribution is 2.22. The molecule has 1 unspecified atom stereocenters. The van der Waals surface area contributed by atoms with Crippen LogP contribution in [0.15, 0.2) is 24.3 Å². The van der Waals surface area contributed by atoms with E-state index in [1.165, 1.54) is 0 Å². The van der Waals surface area contributed by atoms with Crippen LogP contribution in [-0.4, -0.2) is 25.2 Å². The van der Waals surface area contributed by atoms with Crippen molar-refractivity contribution in [2.24, 2.45) is 5.92 Å². The third-order valence-corrected chi connectivity index (χ3v) is 3.00. The van der Waals surface area contributed by atoms with Crippen LogP contribution < -0.4 is 10.1 Å². The second-order valence-corrected chi connectivity index (χ2v) is 5.20. The standard InChI is InChI=1S/C15H21NO3/c1-11(2)9-16-10-12-5-3-4-6-13(12)19-14-7-8-18-15(14)17/h3-6,11,14,16H,7-10H2,1-2H3. The number of hydrogen-bond donors (Lipinski definition) is 1. The number of hydrogen-bond acceptors (Lipinski definition) is 4. The van der Waals surface area contributed by atoms with Crippen LogP contribution in [0.2, 0.25) is 0 Å². The number of para-hydroxylation sites is 1. The zero-order valence-electron chi connectivity index (χ0n) is 11.5. The van der Waals surface area contributed by atoms with Crippen LogP contribution in [0.25, 0.3) is 0 Å². The predicted octanol–water partition coefficient (Wildman–Crippen LogP) is 2.13. The lowest BCUT2D eigenvalue weighted by Crippen LogP contribution is -2.24. The highest BCUT2D eigenvalue weighted by atomic mass is 16.6. The first-order chi connectivity index (χ1) is 9.16. The van der Waals surface area contributed by atoms with Crippen molar-refractivity contribution in [2.45, 2.75) is 32.9 Å². The number of carbonyl (C=O) groups is 1. The molecule has 1 aromatic carbocycles. The van der Waals surface area contributed by atoms with E-state index >= 15 is 0 Å². The van der Waals surface area contributed by atoms with E-state index in [4.69, 9.17) is 9.47 Å². The van der Waals surface area contributed by atoms with Crippen molar-refractivity contribution >= 4 is 5.97 Å². The molecule has 1 atom stereocenters. The molecule has 0 spiro atoms. The van der Waals surface area contributed by atoms with Crippen LogP contribution in [0.5, 0.6) is 5.75 Å². The summed E-state index contributed by atoms with van der Waals surface area (Å²) in [6.07, 6.45) is 0.179. The fourth-order valence-electron chi connectivity index (χ4n) is 2.00. The van der Waals surface area contributed by atoms with E-state index in [2.05, 4.69) is 19.2 Å². The minimum Gasteiger partial charge on any atom is -0.478 e. The largest absolute Gasteiger partial charge is 0.478 e. The molecule has 19 heavy (non-hydrogen) atoms. The van der Waals surface area contributed by atoms with Gasteiger partial charge in [0.1, 0.15) is 5.75 Å². The smallest absolute Gasteiger partial charge is 0.347 e. The topological polar surface area (TPSA) is 47.6 Å². The van der Waals surface area contributed by atoms with E-state index in [0.29, 0.717) is 18.9 Å². The zero-order valence-corrected chi connectivity index (χ0v) is 11.5. The summed E-state index contributed by atoms with van der Waals surface area (Å²) in [7, 11) is 0. The normalized spacial score (nSPS) is 18.7. The number of cyclic esters (lactones) is 1. The van der Waals surface area contributed by atoms with Crippen molar-refractivity contribution in [1.29, 1.82) is 0 Å². The fraction of sp³-hybridized carbons (Fsp3) is 0.533. The minimum absolute atomic E-state index is 0.259. The van der Waals surface area contributed by atoms with Gasteiger partial charge in [0, 0.05) is 18.5 Å². The first-order valence-corrected chi connectivity index (χ1v) is 6.78. The SMILES string of the molecule is CC(C)CNCc1ccccc1OC1CCOC1=O. The van der Waals surface area contributed by atoms with Gasteiger partial charge in [0.2, 0.25) is 0 Å². The maximum Gasteiger partial charge on any atom is 0.347 e. The third-order valence-electron chi connectivity index (χ3n) is 3.00. The Morgan fingerprint density at radius 1 is 1.42 bits per heavy atom. The van der Waals surface area contributed by atoms with Crippen LogP contribution in [-0.2, 0) is 16.1 Å². The molecule has 1 N–H and O–H groups in total. The molecule has 1 heterocycles. The molecule has 104 valence electrons. The second kappa shape index (κ2) is 6.57. The van der Waals surface area contributed by atoms with Crippen LogP contribution >= 0.6 is 0 Å². The van der Waals surface area contributed by atoms with Gasteiger partial charge in [0.15, 0.2) is 6.10 Å². The summed E-state index contributed by atoms with van der Waals surface area (Å²) in [5.74, 6) is 1.12. The molecule has 0 bridgehead atoms. The number of carbonyl (C=O) groups excluding carboxylic acids is 1. The molecule has 0 saturated carbocycles. The van der Waals surface area contributed by atoms with Crippen LogP contribution in [0.3, 0.4) is 0 Å². The zero-order chi connectivity index (χ0) is 13.7. The average molecular weight is 263 g/mol. The van der Waals surface area contributed by atoms with Gasteiger partial charge in [-0.3, -0.25) is 0 Å². The van der Waals surface area contributed by atoms with E-state index in [-0.39, 0.29) is 5.97 Å². The summed E-state index contributed by atoms with van der Waals surface area (Å²) in [6.45, 7) is 6.50. The fourth-order valence-corrected chi connectivity index (χ4v) is 2.00. The Morgan fingerprint density at radius 2 is 2.21 bits per heavy atom. The third kappa shape index (κ3) is 3.96. The van der Waals surface area contributed by atoms with Gasteiger partial charge in [-0.2, -0.15) is 0 Å². The average Bonchev–Trinajstić information content (AvgIpc) is 2.77. The number of esters is 1. The molecule has 0 radical (unpaired) electrons. The summed E-state index contributed by atoms with van der Waals surface area (Å²) in [4.78, 5) is 11.4. The molecule has 0 aromatic heterocycles. The molecule has 0 amide bonds. The molecule has 4 heteroatoms. The molecule has 1 aliphatic rings. The van der Waals surface area contributed by atoms with Crippen molar-refractivity contribution in [3.8, 4) is 5.75 Å². The van der Waals surface area contributed by atoms with E-state index in [9.17, 15) is 4.79 Å². The summed E-state index contributed by atoms with van der Waals surface area (Å²) < 4.78 is 10.7. The Bertz CT molecular complexity index is 431. The van der Waals surface area contributed by atoms with Crippen molar-refractivity contribution in [3.63, 3.8) is 0 Å². The Morgan fingerprint density at radius 3 is 2.89 bits per heavy atom. The van der Waals surface area contributed by atoms with Gasteiger partial charge in [0.25, 0.3) is 0 Å². The molecular weight excluding hydrogens is 242 g/mol. The molecule has 0 aliphatic carbocycles. The summed E-state index contributed by atoms with van der Waals surface area (Å²) >= 11 is 0. The van der Waals surface area contributed by atoms with Gasteiger partial charge in [-0.15, -0.1) is 0 Å². The van der Waals surface area contributed by atoms with Crippen LogP contribution in [0.4, 0.5) is 0 Å². The maximum atomic E-state index is 11.4. The van der Waals surface area contributed by atoms with Crippen molar-refractivity contribution in [2.75, 3.05) is 13.2 Å². The lowest BCUT2D eigenvalue weighted by Gasteiger charge is -2.15. The Labute approximate surface area is 114 Å². The van der Waals surface area contributed by atoms with Gasteiger partial charge < -0.3 is 14.8 Å². The molecule has 1 aromatic rings. The number of ether oxygens (including phenoxy) is 2. The molecule has 1 saturated heterocycles. The Hall–Kier alpha value is -1.55. The monoisotopic (exact) mass is 263 g/mol. The van der Waals surface area contributed by atoms with Gasteiger partial charge in [-0.05, 0) is 18.5 Å². The molecule has 4 nitrogen and oxygen atoms in total. The maximum absolute atomic E-state index is 11.4. The highest BCUT2D eigenvalue weighted by Gasteiger charge is 2.28. The van der Waals surface area contributed by atoms with Crippen molar-refractivity contribution < 1.29 is 14.3 Å². The van der Waals surface area contributed by atoms with Crippen molar-refractivity contribution in [1.82, 2.24) is 5.32 Å².